The normalized spacial score (nSPS) is 10.4. The second-order valence-corrected chi connectivity index (χ2v) is 4.37. The van der Waals surface area contributed by atoms with Crippen LogP contribution in [-0.4, -0.2) is 7.11 Å². The van der Waals surface area contributed by atoms with E-state index in [1.54, 1.807) is 18.2 Å². The zero-order chi connectivity index (χ0) is 14.5. The van der Waals surface area contributed by atoms with Crippen LogP contribution >= 0.6 is 11.6 Å². The van der Waals surface area contributed by atoms with E-state index < -0.39 is 11.6 Å². The van der Waals surface area contributed by atoms with E-state index in [0.717, 1.165) is 5.56 Å². The zero-order valence-electron chi connectivity index (χ0n) is 10.8. The highest BCUT2D eigenvalue weighted by Crippen LogP contribution is 2.29. The highest BCUT2D eigenvalue weighted by molar-refractivity contribution is 6.17. The lowest BCUT2D eigenvalue weighted by Gasteiger charge is -2.12. The Hall–Kier alpha value is -1.81. The molecular weight excluding hydrogens is 286 g/mol. The Morgan fingerprint density at radius 3 is 2.35 bits per heavy atom. The van der Waals surface area contributed by atoms with Crippen LogP contribution in [0.4, 0.5) is 8.78 Å². The van der Waals surface area contributed by atoms with Crippen molar-refractivity contribution in [2.24, 2.45) is 0 Å². The third-order valence-electron chi connectivity index (χ3n) is 2.82. The molecule has 0 bridgehead atoms. The average molecular weight is 299 g/mol. The Morgan fingerprint density at radius 1 is 1.05 bits per heavy atom. The maximum atomic E-state index is 13.5. The van der Waals surface area contributed by atoms with Gasteiger partial charge >= 0.3 is 0 Å². The largest absolute Gasteiger partial charge is 0.493 e. The molecule has 2 rings (SSSR count). The van der Waals surface area contributed by atoms with E-state index in [1.807, 2.05) is 0 Å². The summed E-state index contributed by atoms with van der Waals surface area (Å²) in [5, 5.41) is 0. The summed E-state index contributed by atoms with van der Waals surface area (Å²) >= 11 is 5.75. The Kier molecular flexibility index (Phi) is 4.79. The molecule has 0 N–H and O–H groups in total. The van der Waals surface area contributed by atoms with E-state index in [0.29, 0.717) is 17.4 Å². The third-order valence-corrected chi connectivity index (χ3v) is 3.12. The van der Waals surface area contributed by atoms with Crippen molar-refractivity contribution in [3.63, 3.8) is 0 Å². The van der Waals surface area contributed by atoms with Crippen molar-refractivity contribution in [1.29, 1.82) is 0 Å². The smallest absolute Gasteiger partial charge is 0.161 e. The van der Waals surface area contributed by atoms with Gasteiger partial charge in [0.15, 0.2) is 11.5 Å². The molecule has 5 heteroatoms. The minimum absolute atomic E-state index is 0.120. The summed E-state index contributed by atoms with van der Waals surface area (Å²) in [7, 11) is 1.49. The fourth-order valence-electron chi connectivity index (χ4n) is 1.74. The van der Waals surface area contributed by atoms with Gasteiger partial charge in [0.2, 0.25) is 0 Å². The molecule has 0 fully saturated rings. The number of alkyl halides is 1. The summed E-state index contributed by atoms with van der Waals surface area (Å²) in [4.78, 5) is 0. The molecule has 106 valence electrons. The maximum Gasteiger partial charge on any atom is 0.161 e. The second kappa shape index (κ2) is 6.57. The van der Waals surface area contributed by atoms with Crippen molar-refractivity contribution in [3.8, 4) is 11.5 Å². The van der Waals surface area contributed by atoms with Crippen LogP contribution in [0.15, 0.2) is 36.4 Å². The lowest BCUT2D eigenvalue weighted by molar-refractivity contribution is 0.274. The van der Waals surface area contributed by atoms with Gasteiger partial charge in [-0.05, 0) is 29.8 Å². The number of benzene rings is 2. The topological polar surface area (TPSA) is 18.5 Å². The first-order chi connectivity index (χ1) is 9.65. The minimum atomic E-state index is -0.641. The standard InChI is InChI=1S/C15H13ClF2O2/c1-19-14-6-5-10(8-16)7-15(14)20-9-11-12(17)3-2-4-13(11)18/h2-7H,8-9H2,1H3. The van der Waals surface area contributed by atoms with Crippen molar-refractivity contribution in [3.05, 3.63) is 59.2 Å². The van der Waals surface area contributed by atoms with Gasteiger partial charge in [0.1, 0.15) is 18.2 Å². The van der Waals surface area contributed by atoms with Crippen LogP contribution in [0.3, 0.4) is 0 Å². The maximum absolute atomic E-state index is 13.5. The van der Waals surface area contributed by atoms with E-state index in [9.17, 15) is 8.78 Å². The van der Waals surface area contributed by atoms with Crippen molar-refractivity contribution in [2.45, 2.75) is 12.5 Å². The molecule has 2 nitrogen and oxygen atoms in total. The van der Waals surface area contributed by atoms with E-state index in [2.05, 4.69) is 0 Å². The molecule has 2 aromatic carbocycles. The molecule has 0 aliphatic heterocycles. The molecule has 0 heterocycles. The van der Waals surface area contributed by atoms with Crippen LogP contribution in [0.1, 0.15) is 11.1 Å². The number of methoxy groups -OCH3 is 1. The fraction of sp³-hybridized carbons (Fsp3) is 0.200. The molecule has 0 saturated carbocycles. The molecule has 0 saturated heterocycles. The summed E-state index contributed by atoms with van der Waals surface area (Å²) in [6.07, 6.45) is 0. The van der Waals surface area contributed by atoms with Crippen LogP contribution in [0.25, 0.3) is 0 Å². The number of rotatable bonds is 5. The van der Waals surface area contributed by atoms with E-state index in [1.165, 1.54) is 25.3 Å². The predicted octanol–water partition coefficient (Wildman–Crippen LogP) is 4.29. The zero-order valence-corrected chi connectivity index (χ0v) is 11.6. The summed E-state index contributed by atoms with van der Waals surface area (Å²) in [5.41, 5.74) is 0.710. The first-order valence-corrected chi connectivity index (χ1v) is 6.47. The molecule has 0 atom stereocenters. The third kappa shape index (κ3) is 3.20. The molecule has 20 heavy (non-hydrogen) atoms. The Labute approximate surface area is 120 Å². The van der Waals surface area contributed by atoms with Gasteiger partial charge in [-0.15, -0.1) is 11.6 Å². The van der Waals surface area contributed by atoms with Gasteiger partial charge in [-0.2, -0.15) is 0 Å². The van der Waals surface area contributed by atoms with Crippen molar-refractivity contribution in [2.75, 3.05) is 7.11 Å². The summed E-state index contributed by atoms with van der Waals surface area (Å²) in [6, 6.07) is 8.86. The molecule has 2 aromatic rings. The lowest BCUT2D eigenvalue weighted by atomic mass is 10.2. The van der Waals surface area contributed by atoms with Crippen LogP contribution < -0.4 is 9.47 Å². The SMILES string of the molecule is COc1ccc(CCl)cc1OCc1c(F)cccc1F. The first kappa shape index (κ1) is 14.6. The molecule has 0 aliphatic rings. The van der Waals surface area contributed by atoms with Gasteiger partial charge in [0, 0.05) is 5.88 Å². The monoisotopic (exact) mass is 298 g/mol. The summed E-state index contributed by atoms with van der Waals surface area (Å²) in [6.45, 7) is -0.222. The number of hydrogen-bond donors (Lipinski definition) is 0. The lowest BCUT2D eigenvalue weighted by Crippen LogP contribution is -2.03. The van der Waals surface area contributed by atoms with Gasteiger partial charge < -0.3 is 9.47 Å². The van der Waals surface area contributed by atoms with Gasteiger partial charge in [-0.1, -0.05) is 12.1 Å². The number of ether oxygens (including phenoxy) is 2. The molecule has 0 radical (unpaired) electrons. The summed E-state index contributed by atoms with van der Waals surface area (Å²) < 4.78 is 37.6. The van der Waals surface area contributed by atoms with Gasteiger partial charge in [-0.25, -0.2) is 8.78 Å². The molecule has 0 aromatic heterocycles. The summed E-state index contributed by atoms with van der Waals surface area (Å²) in [5.74, 6) is -0.0899. The van der Waals surface area contributed by atoms with E-state index >= 15 is 0 Å². The van der Waals surface area contributed by atoms with Gasteiger partial charge in [0.25, 0.3) is 0 Å². The van der Waals surface area contributed by atoms with Crippen molar-refractivity contribution < 1.29 is 18.3 Å². The van der Waals surface area contributed by atoms with Crippen molar-refractivity contribution in [1.82, 2.24) is 0 Å². The van der Waals surface area contributed by atoms with Crippen LogP contribution in [0, 0.1) is 11.6 Å². The van der Waals surface area contributed by atoms with E-state index in [-0.39, 0.29) is 12.2 Å². The Bertz CT molecular complexity index is 582. The van der Waals surface area contributed by atoms with Gasteiger partial charge in [0.05, 0.1) is 12.7 Å². The van der Waals surface area contributed by atoms with Crippen LogP contribution in [-0.2, 0) is 12.5 Å². The molecular formula is C15H13ClF2O2. The minimum Gasteiger partial charge on any atom is -0.493 e. The second-order valence-electron chi connectivity index (χ2n) is 4.11. The highest BCUT2D eigenvalue weighted by atomic mass is 35.5. The molecule has 0 amide bonds. The Morgan fingerprint density at radius 2 is 1.75 bits per heavy atom. The van der Waals surface area contributed by atoms with Gasteiger partial charge in [-0.3, -0.25) is 0 Å². The first-order valence-electron chi connectivity index (χ1n) is 5.94. The van der Waals surface area contributed by atoms with E-state index in [4.69, 9.17) is 21.1 Å². The van der Waals surface area contributed by atoms with Crippen molar-refractivity contribution >= 4 is 11.6 Å². The number of hydrogen-bond acceptors (Lipinski definition) is 2. The highest BCUT2D eigenvalue weighted by Gasteiger charge is 2.11. The fourth-order valence-corrected chi connectivity index (χ4v) is 1.90. The van der Waals surface area contributed by atoms with Crippen LogP contribution in [0.2, 0.25) is 0 Å². The Balaban J connectivity index is 2.22. The quantitative estimate of drug-likeness (QED) is 0.767. The molecule has 0 spiro atoms. The molecule has 0 aliphatic carbocycles. The molecule has 0 unspecified atom stereocenters. The predicted molar refractivity (Wildman–Crippen MR) is 73.2 cm³/mol. The van der Waals surface area contributed by atoms with Crippen LogP contribution in [0.5, 0.6) is 11.5 Å². The average Bonchev–Trinajstić information content (AvgIpc) is 2.46. The number of halogens is 3.